The molecule has 0 unspecified atom stereocenters. The Morgan fingerprint density at radius 2 is 1.63 bits per heavy atom. The molecule has 1 amide bonds. The molecule has 1 fully saturated rings. The van der Waals surface area contributed by atoms with Crippen LogP contribution in [0, 0.1) is 0 Å². The van der Waals surface area contributed by atoms with Crippen molar-refractivity contribution in [2.45, 2.75) is 9.79 Å². The van der Waals surface area contributed by atoms with Crippen LogP contribution in [0.5, 0.6) is 0 Å². The molecule has 140 valence electrons. The van der Waals surface area contributed by atoms with Gasteiger partial charge in [0.15, 0.2) is 5.13 Å². The Morgan fingerprint density at radius 1 is 0.963 bits per heavy atom. The summed E-state index contributed by atoms with van der Waals surface area (Å²) in [5.74, 6) is 0.121. The number of nitrogens with zero attached hydrogens (tertiary/aromatic N) is 3. The minimum atomic E-state index is 0.121. The maximum absolute atomic E-state index is 12.7. The normalized spacial score (nSPS) is 14.7. The third-order valence-electron chi connectivity index (χ3n) is 4.76. The molecular formula is C20H21N3OS3. The number of anilines is 1. The number of fused-ring (bicyclic) bond motifs is 1. The van der Waals surface area contributed by atoms with Crippen LogP contribution in [0.1, 0.15) is 10.4 Å². The van der Waals surface area contributed by atoms with E-state index in [9.17, 15) is 4.79 Å². The third-order valence-corrected chi connectivity index (χ3v) is 7.31. The first-order valence-electron chi connectivity index (χ1n) is 8.81. The van der Waals surface area contributed by atoms with Gasteiger partial charge in [-0.05, 0) is 55.0 Å². The van der Waals surface area contributed by atoms with Crippen LogP contribution in [0.3, 0.4) is 0 Å². The Bertz CT molecular complexity index is 947. The number of amides is 1. The van der Waals surface area contributed by atoms with Gasteiger partial charge in [-0.2, -0.15) is 0 Å². The quantitative estimate of drug-likeness (QED) is 0.577. The predicted molar refractivity (Wildman–Crippen MR) is 118 cm³/mol. The van der Waals surface area contributed by atoms with E-state index in [2.05, 4.69) is 29.4 Å². The van der Waals surface area contributed by atoms with Crippen molar-refractivity contribution in [1.29, 1.82) is 0 Å². The van der Waals surface area contributed by atoms with E-state index in [1.54, 1.807) is 34.9 Å². The molecule has 2 heterocycles. The lowest BCUT2D eigenvalue weighted by atomic mass is 10.2. The zero-order valence-corrected chi connectivity index (χ0v) is 17.8. The summed E-state index contributed by atoms with van der Waals surface area (Å²) in [6, 6.07) is 14.3. The second-order valence-corrected chi connectivity index (χ2v) is 9.11. The molecule has 0 atom stereocenters. The number of piperazine rings is 1. The molecule has 7 heteroatoms. The molecule has 2 aromatic carbocycles. The minimum absolute atomic E-state index is 0.121. The predicted octanol–water partition coefficient (Wildman–Crippen LogP) is 4.70. The first-order valence-corrected chi connectivity index (χ1v) is 12.1. The Balaban J connectivity index is 1.43. The summed E-state index contributed by atoms with van der Waals surface area (Å²) in [5, 5.41) is 1.06. The summed E-state index contributed by atoms with van der Waals surface area (Å²) < 4.78 is 1.23. The molecule has 0 aliphatic carbocycles. The lowest BCUT2D eigenvalue weighted by molar-refractivity contribution is 0.0746. The fourth-order valence-electron chi connectivity index (χ4n) is 3.17. The summed E-state index contributed by atoms with van der Waals surface area (Å²) >= 11 is 5.18. The van der Waals surface area contributed by atoms with Crippen molar-refractivity contribution >= 4 is 56.1 Å². The van der Waals surface area contributed by atoms with Gasteiger partial charge < -0.3 is 9.80 Å². The molecular weight excluding hydrogens is 394 g/mol. The summed E-state index contributed by atoms with van der Waals surface area (Å²) in [6.07, 6.45) is 4.13. The highest BCUT2D eigenvalue weighted by molar-refractivity contribution is 7.98. The number of thioether (sulfide) groups is 2. The molecule has 0 spiro atoms. The molecule has 1 saturated heterocycles. The highest BCUT2D eigenvalue weighted by Gasteiger charge is 2.24. The number of aromatic nitrogens is 1. The summed E-state index contributed by atoms with van der Waals surface area (Å²) in [5.41, 5.74) is 1.83. The number of thiazole rings is 1. The number of carbonyl (C=O) groups excluding carboxylic acids is 1. The van der Waals surface area contributed by atoms with Gasteiger partial charge in [0, 0.05) is 41.5 Å². The van der Waals surface area contributed by atoms with Gasteiger partial charge in [0.05, 0.1) is 10.2 Å². The van der Waals surface area contributed by atoms with E-state index in [-0.39, 0.29) is 5.91 Å². The van der Waals surface area contributed by atoms with Gasteiger partial charge in [0.25, 0.3) is 5.91 Å². The number of rotatable bonds is 4. The zero-order valence-electron chi connectivity index (χ0n) is 15.3. The van der Waals surface area contributed by atoms with Crippen LogP contribution >= 0.6 is 34.9 Å². The van der Waals surface area contributed by atoms with Crippen LogP contribution < -0.4 is 4.90 Å². The third kappa shape index (κ3) is 3.95. The second kappa shape index (κ2) is 8.12. The fourth-order valence-corrected chi connectivity index (χ4v) is 5.15. The Labute approximate surface area is 172 Å². The van der Waals surface area contributed by atoms with E-state index in [1.807, 2.05) is 35.4 Å². The van der Waals surface area contributed by atoms with Crippen LogP contribution in [0.4, 0.5) is 5.13 Å². The first kappa shape index (κ1) is 18.7. The van der Waals surface area contributed by atoms with E-state index < -0.39 is 0 Å². The van der Waals surface area contributed by atoms with Crippen molar-refractivity contribution in [3.05, 3.63) is 48.0 Å². The van der Waals surface area contributed by atoms with E-state index in [0.717, 1.165) is 42.4 Å². The Morgan fingerprint density at radius 3 is 2.30 bits per heavy atom. The van der Waals surface area contributed by atoms with Crippen molar-refractivity contribution in [3.63, 3.8) is 0 Å². The van der Waals surface area contributed by atoms with Crippen LogP contribution in [-0.2, 0) is 0 Å². The Kier molecular flexibility index (Phi) is 5.61. The van der Waals surface area contributed by atoms with Gasteiger partial charge in [-0.1, -0.05) is 11.3 Å². The molecule has 1 aromatic heterocycles. The number of carbonyl (C=O) groups is 1. The van der Waals surface area contributed by atoms with E-state index in [1.165, 1.54) is 14.5 Å². The van der Waals surface area contributed by atoms with Crippen molar-refractivity contribution < 1.29 is 4.79 Å². The largest absolute Gasteiger partial charge is 0.345 e. The first-order chi connectivity index (χ1) is 13.2. The van der Waals surface area contributed by atoms with Crippen LogP contribution in [0.2, 0.25) is 0 Å². The van der Waals surface area contributed by atoms with Gasteiger partial charge in [-0.15, -0.1) is 23.5 Å². The molecule has 27 heavy (non-hydrogen) atoms. The van der Waals surface area contributed by atoms with Crippen molar-refractivity contribution in [2.24, 2.45) is 0 Å². The number of hydrogen-bond donors (Lipinski definition) is 0. The lowest BCUT2D eigenvalue weighted by Gasteiger charge is -2.34. The standard InChI is InChI=1S/C20H21N3OS3/c1-25-15-5-3-14(4-6-15)19(24)22-9-11-23(12-10-22)20-21-17-8-7-16(26-2)13-18(17)27-20/h3-8,13H,9-12H2,1-2H3. The average molecular weight is 416 g/mol. The molecule has 3 aromatic rings. The van der Waals surface area contributed by atoms with Crippen LogP contribution in [0.25, 0.3) is 10.2 Å². The minimum Gasteiger partial charge on any atom is -0.345 e. The molecule has 0 N–H and O–H groups in total. The molecule has 1 aliphatic rings. The number of benzene rings is 2. The van der Waals surface area contributed by atoms with Crippen molar-refractivity contribution in [2.75, 3.05) is 43.6 Å². The van der Waals surface area contributed by atoms with Gasteiger partial charge in [-0.25, -0.2) is 4.98 Å². The summed E-state index contributed by atoms with van der Waals surface area (Å²) in [7, 11) is 0. The van der Waals surface area contributed by atoms with Crippen molar-refractivity contribution in [1.82, 2.24) is 9.88 Å². The summed E-state index contributed by atoms with van der Waals surface area (Å²) in [4.78, 5) is 24.2. The maximum atomic E-state index is 12.7. The fraction of sp³-hybridized carbons (Fsp3) is 0.300. The number of hydrogen-bond acceptors (Lipinski definition) is 6. The molecule has 0 radical (unpaired) electrons. The molecule has 4 nitrogen and oxygen atoms in total. The monoisotopic (exact) mass is 415 g/mol. The van der Waals surface area contributed by atoms with Crippen molar-refractivity contribution in [3.8, 4) is 0 Å². The van der Waals surface area contributed by atoms with Crippen LogP contribution in [0.15, 0.2) is 52.3 Å². The topological polar surface area (TPSA) is 36.4 Å². The van der Waals surface area contributed by atoms with Gasteiger partial charge in [0.1, 0.15) is 0 Å². The van der Waals surface area contributed by atoms with E-state index in [4.69, 9.17) is 4.98 Å². The summed E-state index contributed by atoms with van der Waals surface area (Å²) in [6.45, 7) is 3.11. The molecule has 0 bridgehead atoms. The zero-order chi connectivity index (χ0) is 18.8. The smallest absolute Gasteiger partial charge is 0.253 e. The maximum Gasteiger partial charge on any atom is 0.253 e. The van der Waals surface area contributed by atoms with Gasteiger partial charge in [0.2, 0.25) is 0 Å². The SMILES string of the molecule is CSc1ccc(C(=O)N2CCN(c3nc4ccc(SC)cc4s3)CC2)cc1. The lowest BCUT2D eigenvalue weighted by Crippen LogP contribution is -2.48. The molecule has 1 aliphatic heterocycles. The average Bonchev–Trinajstić information content (AvgIpc) is 3.16. The Hall–Kier alpha value is -1.70. The van der Waals surface area contributed by atoms with E-state index in [0.29, 0.717) is 0 Å². The van der Waals surface area contributed by atoms with Crippen LogP contribution in [-0.4, -0.2) is 54.5 Å². The van der Waals surface area contributed by atoms with E-state index >= 15 is 0 Å². The second-order valence-electron chi connectivity index (χ2n) is 6.34. The molecule has 0 saturated carbocycles. The van der Waals surface area contributed by atoms with Gasteiger partial charge in [-0.3, -0.25) is 4.79 Å². The van der Waals surface area contributed by atoms with Gasteiger partial charge >= 0.3 is 0 Å². The highest BCUT2D eigenvalue weighted by Crippen LogP contribution is 2.32. The highest BCUT2D eigenvalue weighted by atomic mass is 32.2. The molecule has 4 rings (SSSR count).